The zero-order chi connectivity index (χ0) is 12.8. The largest absolute Gasteiger partial charge is 0.270 e. The molecular weight excluding hydrogens is 224 g/mol. The van der Waals surface area contributed by atoms with E-state index in [1.54, 1.807) is 18.5 Å². The first-order chi connectivity index (χ1) is 8.85. The van der Waals surface area contributed by atoms with E-state index < -0.39 is 0 Å². The van der Waals surface area contributed by atoms with E-state index in [-0.39, 0.29) is 6.04 Å². The summed E-state index contributed by atoms with van der Waals surface area (Å²) in [5, 5.41) is 0. The van der Waals surface area contributed by atoms with Crippen LogP contribution in [0.1, 0.15) is 36.3 Å². The van der Waals surface area contributed by atoms with Crippen LogP contribution in [0.25, 0.3) is 0 Å². The monoisotopic (exact) mass is 242 g/mol. The Kier molecular flexibility index (Phi) is 4.39. The summed E-state index contributed by atoms with van der Waals surface area (Å²) in [6, 6.07) is 10.0. The summed E-state index contributed by atoms with van der Waals surface area (Å²) in [7, 11) is 0. The molecule has 0 amide bonds. The summed E-state index contributed by atoms with van der Waals surface area (Å²) in [5.74, 6) is 6.29. The highest BCUT2D eigenvalue weighted by Crippen LogP contribution is 2.18. The summed E-state index contributed by atoms with van der Waals surface area (Å²) in [6.45, 7) is 2.18. The van der Waals surface area contributed by atoms with Crippen molar-refractivity contribution in [1.29, 1.82) is 0 Å². The van der Waals surface area contributed by atoms with Gasteiger partial charge in [-0.15, -0.1) is 0 Å². The maximum atomic E-state index is 5.60. The topological polar surface area (TPSA) is 63.8 Å². The van der Waals surface area contributed by atoms with Crippen LogP contribution in [0, 0.1) is 0 Å². The Bertz CT molecular complexity index is 467. The van der Waals surface area contributed by atoms with E-state index in [4.69, 9.17) is 5.84 Å². The maximum Gasteiger partial charge on any atom is 0.150 e. The first-order valence-electron chi connectivity index (χ1n) is 6.17. The summed E-state index contributed by atoms with van der Waals surface area (Å²) >= 11 is 0. The first kappa shape index (κ1) is 12.7. The van der Waals surface area contributed by atoms with Gasteiger partial charge >= 0.3 is 0 Å². The van der Waals surface area contributed by atoms with Gasteiger partial charge in [0.2, 0.25) is 0 Å². The number of aryl methyl sites for hydroxylation is 1. The van der Waals surface area contributed by atoms with Crippen molar-refractivity contribution in [3.05, 3.63) is 59.7 Å². The van der Waals surface area contributed by atoms with Crippen molar-refractivity contribution >= 4 is 0 Å². The van der Waals surface area contributed by atoms with E-state index in [2.05, 4.69) is 46.6 Å². The van der Waals surface area contributed by atoms with Crippen LogP contribution in [0.15, 0.2) is 42.7 Å². The summed E-state index contributed by atoms with van der Waals surface area (Å²) in [5.41, 5.74) is 5.17. The second-order valence-electron chi connectivity index (χ2n) is 4.20. The minimum atomic E-state index is -0.165. The number of rotatable bonds is 5. The number of aromatic nitrogens is 2. The zero-order valence-electron chi connectivity index (χ0n) is 10.5. The van der Waals surface area contributed by atoms with Crippen molar-refractivity contribution < 1.29 is 0 Å². The summed E-state index contributed by atoms with van der Waals surface area (Å²) in [6.07, 6.45) is 5.69. The minimum Gasteiger partial charge on any atom is -0.270 e. The Balaban J connectivity index is 2.23. The van der Waals surface area contributed by atoms with Gasteiger partial charge < -0.3 is 0 Å². The normalized spacial score (nSPS) is 12.3. The molecule has 0 spiro atoms. The molecule has 2 aromatic rings. The van der Waals surface area contributed by atoms with E-state index >= 15 is 0 Å². The van der Waals surface area contributed by atoms with Crippen LogP contribution in [-0.4, -0.2) is 9.97 Å². The van der Waals surface area contributed by atoms with Crippen LogP contribution in [0.2, 0.25) is 0 Å². The molecule has 0 aliphatic carbocycles. The predicted molar refractivity (Wildman–Crippen MR) is 71.6 cm³/mol. The van der Waals surface area contributed by atoms with E-state index in [0.29, 0.717) is 5.82 Å². The predicted octanol–water partition coefficient (Wildman–Crippen LogP) is 1.98. The Hall–Kier alpha value is -1.78. The van der Waals surface area contributed by atoms with Gasteiger partial charge in [-0.3, -0.25) is 5.84 Å². The molecule has 4 heteroatoms. The maximum absolute atomic E-state index is 5.60. The molecule has 1 heterocycles. The Morgan fingerprint density at radius 1 is 1.17 bits per heavy atom. The molecule has 0 aliphatic rings. The molecule has 18 heavy (non-hydrogen) atoms. The van der Waals surface area contributed by atoms with Crippen LogP contribution in [0.5, 0.6) is 0 Å². The average molecular weight is 242 g/mol. The zero-order valence-corrected chi connectivity index (χ0v) is 10.5. The molecule has 1 aromatic carbocycles. The number of nitrogens with one attached hydrogen (secondary N) is 1. The van der Waals surface area contributed by atoms with Gasteiger partial charge in [0.05, 0.1) is 0 Å². The number of hydrogen-bond donors (Lipinski definition) is 2. The Labute approximate surface area is 107 Å². The molecule has 0 bridgehead atoms. The molecule has 0 saturated carbocycles. The SMILES string of the molecule is CCCc1ccc(C(NN)c2ncccn2)cc1. The molecule has 4 nitrogen and oxygen atoms in total. The summed E-state index contributed by atoms with van der Waals surface area (Å²) in [4.78, 5) is 8.46. The van der Waals surface area contributed by atoms with Crippen LogP contribution in [0.3, 0.4) is 0 Å². The third kappa shape index (κ3) is 2.91. The summed E-state index contributed by atoms with van der Waals surface area (Å²) < 4.78 is 0. The lowest BCUT2D eigenvalue weighted by atomic mass is 10.0. The van der Waals surface area contributed by atoms with Crippen molar-refractivity contribution in [3.8, 4) is 0 Å². The number of benzene rings is 1. The van der Waals surface area contributed by atoms with Gasteiger partial charge in [-0.05, 0) is 23.6 Å². The quantitative estimate of drug-likeness (QED) is 0.621. The van der Waals surface area contributed by atoms with Gasteiger partial charge in [0.15, 0.2) is 5.82 Å². The smallest absolute Gasteiger partial charge is 0.150 e. The van der Waals surface area contributed by atoms with Gasteiger partial charge in [-0.1, -0.05) is 37.6 Å². The fraction of sp³-hybridized carbons (Fsp3) is 0.286. The lowest BCUT2D eigenvalue weighted by Crippen LogP contribution is -2.30. The van der Waals surface area contributed by atoms with Crippen molar-refractivity contribution in [2.24, 2.45) is 5.84 Å². The van der Waals surface area contributed by atoms with E-state index in [9.17, 15) is 0 Å². The molecule has 0 aliphatic heterocycles. The van der Waals surface area contributed by atoms with E-state index in [1.807, 2.05) is 0 Å². The molecule has 1 aromatic heterocycles. The van der Waals surface area contributed by atoms with Crippen LogP contribution >= 0.6 is 0 Å². The van der Waals surface area contributed by atoms with Gasteiger partial charge in [0, 0.05) is 12.4 Å². The van der Waals surface area contributed by atoms with Crippen molar-refractivity contribution in [2.45, 2.75) is 25.8 Å². The molecule has 2 rings (SSSR count). The van der Waals surface area contributed by atoms with E-state index in [1.165, 1.54) is 5.56 Å². The highest BCUT2D eigenvalue weighted by atomic mass is 15.2. The van der Waals surface area contributed by atoms with Gasteiger partial charge in [-0.2, -0.15) is 0 Å². The van der Waals surface area contributed by atoms with Gasteiger partial charge in [0.1, 0.15) is 6.04 Å². The number of nitrogens with zero attached hydrogens (tertiary/aromatic N) is 2. The minimum absolute atomic E-state index is 0.165. The van der Waals surface area contributed by atoms with Crippen molar-refractivity contribution in [1.82, 2.24) is 15.4 Å². The van der Waals surface area contributed by atoms with Crippen LogP contribution in [-0.2, 0) is 6.42 Å². The molecule has 0 radical (unpaired) electrons. The second kappa shape index (κ2) is 6.23. The molecule has 1 unspecified atom stereocenters. The van der Waals surface area contributed by atoms with Crippen LogP contribution < -0.4 is 11.3 Å². The van der Waals surface area contributed by atoms with Gasteiger partial charge in [-0.25, -0.2) is 15.4 Å². The lowest BCUT2D eigenvalue weighted by Gasteiger charge is -2.15. The molecule has 1 atom stereocenters. The molecular formula is C14H18N4. The van der Waals surface area contributed by atoms with Crippen molar-refractivity contribution in [2.75, 3.05) is 0 Å². The lowest BCUT2D eigenvalue weighted by molar-refractivity contribution is 0.601. The fourth-order valence-electron chi connectivity index (χ4n) is 1.94. The number of nitrogens with two attached hydrogens (primary N) is 1. The third-order valence-electron chi connectivity index (χ3n) is 2.86. The average Bonchev–Trinajstić information content (AvgIpc) is 2.43. The molecule has 0 saturated heterocycles. The molecule has 3 N–H and O–H groups in total. The Morgan fingerprint density at radius 3 is 2.39 bits per heavy atom. The van der Waals surface area contributed by atoms with E-state index in [0.717, 1.165) is 18.4 Å². The highest BCUT2D eigenvalue weighted by molar-refractivity contribution is 5.28. The van der Waals surface area contributed by atoms with Gasteiger partial charge in [0.25, 0.3) is 0 Å². The second-order valence-corrected chi connectivity index (χ2v) is 4.20. The van der Waals surface area contributed by atoms with Crippen LogP contribution in [0.4, 0.5) is 0 Å². The molecule has 94 valence electrons. The number of hydrogen-bond acceptors (Lipinski definition) is 4. The fourth-order valence-corrected chi connectivity index (χ4v) is 1.94. The third-order valence-corrected chi connectivity index (χ3v) is 2.86. The first-order valence-corrected chi connectivity index (χ1v) is 6.17. The van der Waals surface area contributed by atoms with Crippen molar-refractivity contribution in [3.63, 3.8) is 0 Å². The Morgan fingerprint density at radius 2 is 1.83 bits per heavy atom. The number of hydrazine groups is 1. The molecule has 0 fully saturated rings. The standard InChI is InChI=1S/C14H18N4/c1-2-4-11-5-7-12(8-6-11)13(18-15)14-16-9-3-10-17-14/h3,5-10,13,18H,2,4,15H2,1H3. The highest BCUT2D eigenvalue weighted by Gasteiger charge is 2.14.